The Morgan fingerprint density at radius 1 is 1.05 bits per heavy atom. The number of nitrogens with zero attached hydrogens (tertiary/aromatic N) is 1. The molecule has 0 aliphatic rings. The Morgan fingerprint density at radius 3 is 2.52 bits per heavy atom. The third-order valence-corrected chi connectivity index (χ3v) is 3.68. The van der Waals surface area contributed by atoms with Gasteiger partial charge in [0, 0.05) is 10.9 Å². The molecule has 3 aromatic rings. The highest BCUT2D eigenvalue weighted by atomic mass is 16.1. The van der Waals surface area contributed by atoms with Crippen molar-refractivity contribution in [3.05, 3.63) is 77.0 Å². The summed E-state index contributed by atoms with van der Waals surface area (Å²) in [6.07, 6.45) is 0.796. The molecule has 0 aliphatic heterocycles. The lowest BCUT2D eigenvalue weighted by atomic mass is 10.00. The Bertz CT molecular complexity index is 806. The first-order valence-corrected chi connectivity index (χ1v) is 7.19. The van der Waals surface area contributed by atoms with Gasteiger partial charge in [0.1, 0.15) is 5.69 Å². The summed E-state index contributed by atoms with van der Waals surface area (Å²) in [5.41, 5.74) is 4.33. The highest BCUT2D eigenvalue weighted by Gasteiger charge is 2.15. The summed E-state index contributed by atoms with van der Waals surface area (Å²) in [5, 5.41) is 1.09. The van der Waals surface area contributed by atoms with Crippen LogP contribution in [0.4, 0.5) is 0 Å². The number of benzene rings is 2. The van der Waals surface area contributed by atoms with Crippen molar-refractivity contribution in [1.29, 1.82) is 0 Å². The Balaban J connectivity index is 2.17. The van der Waals surface area contributed by atoms with Gasteiger partial charge in [0.2, 0.25) is 5.78 Å². The summed E-state index contributed by atoms with van der Waals surface area (Å²) >= 11 is 0. The average Bonchev–Trinajstić information content (AvgIpc) is 2.53. The molecule has 104 valence electrons. The number of hydrogen-bond donors (Lipinski definition) is 0. The van der Waals surface area contributed by atoms with Crippen molar-refractivity contribution in [3.8, 4) is 0 Å². The third kappa shape index (κ3) is 2.57. The van der Waals surface area contributed by atoms with Crippen LogP contribution in [0.1, 0.15) is 34.1 Å². The molecule has 2 heteroatoms. The Morgan fingerprint density at radius 2 is 1.81 bits per heavy atom. The van der Waals surface area contributed by atoms with E-state index in [2.05, 4.69) is 31.0 Å². The van der Waals surface area contributed by atoms with Gasteiger partial charge in [0.25, 0.3) is 0 Å². The second-order valence-electron chi connectivity index (χ2n) is 5.24. The van der Waals surface area contributed by atoms with Gasteiger partial charge in [0.15, 0.2) is 0 Å². The van der Waals surface area contributed by atoms with Crippen LogP contribution in [-0.4, -0.2) is 10.8 Å². The molecule has 0 amide bonds. The molecule has 0 N–H and O–H groups in total. The summed E-state index contributed by atoms with van der Waals surface area (Å²) in [7, 11) is 0. The van der Waals surface area contributed by atoms with Crippen LogP contribution in [0.15, 0.2) is 54.6 Å². The number of ketones is 1. The highest BCUT2D eigenvalue weighted by Crippen LogP contribution is 2.21. The number of aryl methyl sites for hydroxylation is 2. The maximum Gasteiger partial charge on any atom is 0.211 e. The molecular formula is C19H17NO. The van der Waals surface area contributed by atoms with E-state index in [4.69, 9.17) is 0 Å². The molecule has 21 heavy (non-hydrogen) atoms. The number of pyridine rings is 1. The number of hydrogen-bond acceptors (Lipinski definition) is 2. The Kier molecular flexibility index (Phi) is 3.53. The first-order chi connectivity index (χ1) is 10.2. The van der Waals surface area contributed by atoms with Crippen LogP contribution in [-0.2, 0) is 6.42 Å². The molecule has 0 atom stereocenters. The summed E-state index contributed by atoms with van der Waals surface area (Å²) in [6, 6.07) is 17.5. The zero-order valence-corrected chi connectivity index (χ0v) is 12.3. The van der Waals surface area contributed by atoms with Crippen LogP contribution in [0.2, 0.25) is 0 Å². The standard InChI is InChI=1S/C19H17NO/c1-3-14-12-16-11-13(2)9-10-17(16)20-18(14)19(21)15-7-5-4-6-8-15/h4-12H,3H2,1-2H3. The number of fused-ring (bicyclic) bond motifs is 1. The van der Waals surface area contributed by atoms with Gasteiger partial charge in [-0.1, -0.05) is 48.9 Å². The maximum absolute atomic E-state index is 12.7. The van der Waals surface area contributed by atoms with Gasteiger partial charge in [-0.05, 0) is 37.1 Å². The fourth-order valence-electron chi connectivity index (χ4n) is 2.53. The van der Waals surface area contributed by atoms with Crippen LogP contribution in [0, 0.1) is 6.92 Å². The van der Waals surface area contributed by atoms with Crippen molar-refractivity contribution < 1.29 is 4.79 Å². The van der Waals surface area contributed by atoms with E-state index in [0.717, 1.165) is 22.9 Å². The summed E-state index contributed by atoms with van der Waals surface area (Å²) in [6.45, 7) is 4.12. The van der Waals surface area contributed by atoms with Gasteiger partial charge in [0.05, 0.1) is 5.52 Å². The molecular weight excluding hydrogens is 258 g/mol. The summed E-state index contributed by atoms with van der Waals surface area (Å²) < 4.78 is 0. The minimum absolute atomic E-state index is 0.00470. The van der Waals surface area contributed by atoms with Crippen molar-refractivity contribution >= 4 is 16.7 Å². The van der Waals surface area contributed by atoms with E-state index in [1.807, 2.05) is 42.5 Å². The lowest BCUT2D eigenvalue weighted by Crippen LogP contribution is -2.08. The molecule has 2 aromatic carbocycles. The van der Waals surface area contributed by atoms with E-state index < -0.39 is 0 Å². The second kappa shape index (κ2) is 5.49. The van der Waals surface area contributed by atoms with Gasteiger partial charge in [-0.3, -0.25) is 4.79 Å². The number of carbonyl (C=O) groups excluding carboxylic acids is 1. The van der Waals surface area contributed by atoms with Crippen molar-refractivity contribution in [3.63, 3.8) is 0 Å². The second-order valence-corrected chi connectivity index (χ2v) is 5.24. The SMILES string of the molecule is CCc1cc2cc(C)ccc2nc1C(=O)c1ccccc1. The molecule has 0 bridgehead atoms. The molecule has 0 saturated carbocycles. The molecule has 0 radical (unpaired) electrons. The molecule has 1 aromatic heterocycles. The quantitative estimate of drug-likeness (QED) is 0.666. The fraction of sp³-hybridized carbons (Fsp3) is 0.158. The van der Waals surface area contributed by atoms with Crippen molar-refractivity contribution in [2.45, 2.75) is 20.3 Å². The van der Waals surface area contributed by atoms with Gasteiger partial charge in [-0.15, -0.1) is 0 Å². The van der Waals surface area contributed by atoms with E-state index in [1.54, 1.807) is 0 Å². The number of rotatable bonds is 3. The molecule has 1 heterocycles. The van der Waals surface area contributed by atoms with Crippen LogP contribution < -0.4 is 0 Å². The Labute approximate surface area is 124 Å². The average molecular weight is 275 g/mol. The number of carbonyl (C=O) groups is 1. The van der Waals surface area contributed by atoms with Crippen molar-refractivity contribution in [1.82, 2.24) is 4.98 Å². The molecule has 0 unspecified atom stereocenters. The predicted molar refractivity (Wildman–Crippen MR) is 85.7 cm³/mol. The molecule has 0 saturated heterocycles. The van der Waals surface area contributed by atoms with Gasteiger partial charge >= 0.3 is 0 Å². The highest BCUT2D eigenvalue weighted by molar-refractivity contribution is 6.09. The van der Waals surface area contributed by atoms with E-state index in [9.17, 15) is 4.79 Å². The first-order valence-electron chi connectivity index (χ1n) is 7.19. The van der Waals surface area contributed by atoms with Gasteiger partial charge in [-0.25, -0.2) is 4.98 Å². The summed E-state index contributed by atoms with van der Waals surface area (Å²) in [5.74, 6) is -0.00470. The van der Waals surface area contributed by atoms with E-state index in [-0.39, 0.29) is 5.78 Å². The minimum atomic E-state index is -0.00470. The largest absolute Gasteiger partial charge is 0.287 e. The number of aromatic nitrogens is 1. The first kappa shape index (κ1) is 13.5. The minimum Gasteiger partial charge on any atom is -0.287 e. The lowest BCUT2D eigenvalue weighted by molar-refractivity contribution is 0.103. The van der Waals surface area contributed by atoms with Crippen molar-refractivity contribution in [2.75, 3.05) is 0 Å². The lowest BCUT2D eigenvalue weighted by Gasteiger charge is -2.09. The molecule has 2 nitrogen and oxygen atoms in total. The normalized spacial score (nSPS) is 10.8. The fourth-order valence-corrected chi connectivity index (χ4v) is 2.53. The monoisotopic (exact) mass is 275 g/mol. The molecule has 0 aliphatic carbocycles. The van der Waals surface area contributed by atoms with E-state index in [0.29, 0.717) is 11.3 Å². The smallest absolute Gasteiger partial charge is 0.211 e. The van der Waals surface area contributed by atoms with E-state index >= 15 is 0 Å². The van der Waals surface area contributed by atoms with Gasteiger partial charge in [-0.2, -0.15) is 0 Å². The van der Waals surface area contributed by atoms with Crippen molar-refractivity contribution in [2.24, 2.45) is 0 Å². The predicted octanol–water partition coefficient (Wildman–Crippen LogP) is 4.34. The Hall–Kier alpha value is -2.48. The van der Waals surface area contributed by atoms with Gasteiger partial charge < -0.3 is 0 Å². The topological polar surface area (TPSA) is 30.0 Å². The van der Waals surface area contributed by atoms with Crippen LogP contribution in [0.25, 0.3) is 10.9 Å². The molecule has 0 fully saturated rings. The summed E-state index contributed by atoms with van der Waals surface area (Å²) in [4.78, 5) is 17.3. The molecule has 3 rings (SSSR count). The third-order valence-electron chi connectivity index (χ3n) is 3.68. The van der Waals surface area contributed by atoms with Crippen LogP contribution in [0.5, 0.6) is 0 Å². The zero-order valence-electron chi connectivity index (χ0n) is 12.3. The van der Waals surface area contributed by atoms with Crippen LogP contribution >= 0.6 is 0 Å². The van der Waals surface area contributed by atoms with Crippen LogP contribution in [0.3, 0.4) is 0 Å². The van der Waals surface area contributed by atoms with E-state index in [1.165, 1.54) is 5.56 Å². The molecule has 0 spiro atoms. The maximum atomic E-state index is 12.7. The zero-order chi connectivity index (χ0) is 14.8.